The zero-order valence-corrected chi connectivity index (χ0v) is 7.81. The number of hydrogen-bond donors (Lipinski definition) is 0. The van der Waals surface area contributed by atoms with Crippen molar-refractivity contribution in [1.82, 2.24) is 0 Å². The molecule has 1 aromatic carbocycles. The highest BCUT2D eigenvalue weighted by Crippen LogP contribution is 2.09. The van der Waals surface area contributed by atoms with Crippen LogP contribution in [0.15, 0.2) is 54.9 Å². The van der Waals surface area contributed by atoms with Crippen molar-refractivity contribution in [1.29, 1.82) is 0 Å². The minimum absolute atomic E-state index is 0.616. The molecule has 0 aliphatic heterocycles. The van der Waals surface area contributed by atoms with Crippen LogP contribution in [0.1, 0.15) is 5.56 Å². The third-order valence-electron chi connectivity index (χ3n) is 1.94. The fourth-order valence-corrected chi connectivity index (χ4v) is 1.21. The van der Waals surface area contributed by atoms with Crippen LogP contribution in [0.5, 0.6) is 5.75 Å². The molecule has 2 rings (SSSR count). The van der Waals surface area contributed by atoms with E-state index in [4.69, 9.17) is 4.74 Å². The third-order valence-corrected chi connectivity index (χ3v) is 1.94. The summed E-state index contributed by atoms with van der Waals surface area (Å²) in [5.41, 5.74) is 1.18. The van der Waals surface area contributed by atoms with E-state index < -0.39 is 0 Å². The fraction of sp³-hybridized carbons (Fsp3) is 0.0833. The Kier molecular flexibility index (Phi) is 2.76. The number of ether oxygens (including phenoxy) is 1. The van der Waals surface area contributed by atoms with Gasteiger partial charge in [-0.05, 0) is 5.56 Å². The summed E-state index contributed by atoms with van der Waals surface area (Å²) in [5.74, 6) is 0.882. The van der Waals surface area contributed by atoms with Crippen LogP contribution in [0, 0.1) is 0 Å². The number of pyridine rings is 1. The van der Waals surface area contributed by atoms with Crippen molar-refractivity contribution in [3.05, 3.63) is 60.4 Å². The number of benzene rings is 1. The van der Waals surface area contributed by atoms with Gasteiger partial charge in [0, 0.05) is 12.1 Å². The predicted octanol–water partition coefficient (Wildman–Crippen LogP) is 2.08. The first kappa shape index (κ1) is 8.75. The quantitative estimate of drug-likeness (QED) is 0.719. The lowest BCUT2D eigenvalue weighted by Crippen LogP contribution is -2.00. The van der Waals surface area contributed by atoms with Gasteiger partial charge in [0.15, 0.2) is 12.4 Å². The lowest BCUT2D eigenvalue weighted by atomic mass is 10.2. The van der Waals surface area contributed by atoms with E-state index in [1.165, 1.54) is 5.56 Å². The van der Waals surface area contributed by atoms with Crippen LogP contribution in [0.3, 0.4) is 0 Å². The summed E-state index contributed by atoms with van der Waals surface area (Å²) >= 11 is 0. The van der Waals surface area contributed by atoms with Crippen LogP contribution in [0.2, 0.25) is 0 Å². The molecular weight excluding hydrogens is 174 g/mol. The lowest BCUT2D eigenvalue weighted by Gasteiger charge is -2.03. The summed E-state index contributed by atoms with van der Waals surface area (Å²) in [5, 5.41) is 0. The molecule has 0 fully saturated rings. The van der Waals surface area contributed by atoms with Crippen LogP contribution >= 0.6 is 0 Å². The predicted molar refractivity (Wildman–Crippen MR) is 53.8 cm³/mol. The average Bonchev–Trinajstić information content (AvgIpc) is 2.29. The van der Waals surface area contributed by atoms with Crippen molar-refractivity contribution < 1.29 is 9.72 Å². The fourth-order valence-electron chi connectivity index (χ4n) is 1.21. The van der Waals surface area contributed by atoms with E-state index in [1.807, 2.05) is 42.7 Å². The Labute approximate surface area is 83.2 Å². The van der Waals surface area contributed by atoms with Gasteiger partial charge in [0.05, 0.1) is 0 Å². The van der Waals surface area contributed by atoms with Crippen LogP contribution < -0.4 is 9.72 Å². The molecule has 0 atom stereocenters. The normalized spacial score (nSPS) is 9.71. The number of aromatic nitrogens is 1. The molecule has 70 valence electrons. The number of nitrogens with one attached hydrogen (secondary N) is 1. The molecule has 2 aromatic rings. The second-order valence-electron chi connectivity index (χ2n) is 3.01. The van der Waals surface area contributed by atoms with E-state index in [1.54, 1.807) is 0 Å². The molecular formula is C12H12NO+. The highest BCUT2D eigenvalue weighted by atomic mass is 16.5. The van der Waals surface area contributed by atoms with Gasteiger partial charge in [-0.2, -0.15) is 0 Å². The van der Waals surface area contributed by atoms with E-state index in [0.717, 1.165) is 5.75 Å². The SMILES string of the molecule is c1ccc(COc2cc[nH+]cc2)cc1. The van der Waals surface area contributed by atoms with Crippen molar-refractivity contribution in [2.75, 3.05) is 0 Å². The lowest BCUT2D eigenvalue weighted by molar-refractivity contribution is -0.378. The first-order chi connectivity index (χ1) is 6.95. The van der Waals surface area contributed by atoms with Gasteiger partial charge < -0.3 is 4.74 Å². The van der Waals surface area contributed by atoms with Crippen LogP contribution in [0.25, 0.3) is 0 Å². The molecule has 0 bridgehead atoms. The maximum absolute atomic E-state index is 5.57. The molecule has 0 aliphatic rings. The average molecular weight is 186 g/mol. The molecule has 1 heterocycles. The van der Waals surface area contributed by atoms with Crippen molar-refractivity contribution in [2.24, 2.45) is 0 Å². The molecule has 0 spiro atoms. The van der Waals surface area contributed by atoms with E-state index in [0.29, 0.717) is 6.61 Å². The Hall–Kier alpha value is -1.83. The smallest absolute Gasteiger partial charge is 0.170 e. The Morgan fingerprint density at radius 3 is 2.36 bits per heavy atom. The highest BCUT2D eigenvalue weighted by Gasteiger charge is 1.94. The van der Waals surface area contributed by atoms with Crippen molar-refractivity contribution >= 4 is 0 Å². The third kappa shape index (κ3) is 2.33. The minimum Gasteiger partial charge on any atom is -0.488 e. The first-order valence-electron chi connectivity index (χ1n) is 4.58. The molecule has 14 heavy (non-hydrogen) atoms. The van der Waals surface area contributed by atoms with Gasteiger partial charge in [-0.15, -0.1) is 0 Å². The maximum atomic E-state index is 5.57. The topological polar surface area (TPSA) is 23.4 Å². The summed E-state index contributed by atoms with van der Waals surface area (Å²) in [6.07, 6.45) is 3.70. The van der Waals surface area contributed by atoms with E-state index in [2.05, 4.69) is 17.1 Å². The molecule has 2 heteroatoms. The molecule has 0 aliphatic carbocycles. The Balaban J connectivity index is 1.96. The number of rotatable bonds is 3. The zero-order chi connectivity index (χ0) is 9.64. The summed E-state index contributed by atoms with van der Waals surface area (Å²) in [4.78, 5) is 2.95. The van der Waals surface area contributed by atoms with Crippen LogP contribution in [-0.2, 0) is 6.61 Å². The van der Waals surface area contributed by atoms with Gasteiger partial charge >= 0.3 is 0 Å². The van der Waals surface area contributed by atoms with Gasteiger partial charge in [-0.1, -0.05) is 30.3 Å². The largest absolute Gasteiger partial charge is 0.488 e. The number of H-pyrrole nitrogens is 1. The summed E-state index contributed by atoms with van der Waals surface area (Å²) in [7, 11) is 0. The standard InChI is InChI=1S/C12H11NO/c1-2-4-11(5-3-1)10-14-12-6-8-13-9-7-12/h1-9H,10H2/p+1. The highest BCUT2D eigenvalue weighted by molar-refractivity contribution is 5.18. The Morgan fingerprint density at radius 2 is 1.64 bits per heavy atom. The molecule has 0 unspecified atom stereocenters. The minimum atomic E-state index is 0.616. The maximum Gasteiger partial charge on any atom is 0.170 e. The van der Waals surface area contributed by atoms with E-state index in [-0.39, 0.29) is 0 Å². The molecule has 1 aromatic heterocycles. The summed E-state index contributed by atoms with van der Waals surface area (Å²) < 4.78 is 5.57. The molecule has 0 amide bonds. The van der Waals surface area contributed by atoms with Crippen molar-refractivity contribution in [3.63, 3.8) is 0 Å². The first-order valence-corrected chi connectivity index (χ1v) is 4.58. The molecule has 1 N–H and O–H groups in total. The number of aromatic amines is 1. The zero-order valence-electron chi connectivity index (χ0n) is 7.81. The number of hydrogen-bond acceptors (Lipinski definition) is 1. The van der Waals surface area contributed by atoms with E-state index >= 15 is 0 Å². The second-order valence-corrected chi connectivity index (χ2v) is 3.01. The van der Waals surface area contributed by atoms with Crippen LogP contribution in [-0.4, -0.2) is 0 Å². The Bertz CT molecular complexity index is 333. The van der Waals surface area contributed by atoms with Crippen molar-refractivity contribution in [3.8, 4) is 5.75 Å². The van der Waals surface area contributed by atoms with Gasteiger partial charge in [-0.25, -0.2) is 4.98 Å². The summed E-state index contributed by atoms with van der Waals surface area (Å²) in [6.45, 7) is 0.616. The van der Waals surface area contributed by atoms with Crippen LogP contribution in [0.4, 0.5) is 0 Å². The van der Waals surface area contributed by atoms with Gasteiger partial charge in [0.2, 0.25) is 0 Å². The van der Waals surface area contributed by atoms with Gasteiger partial charge in [0.25, 0.3) is 0 Å². The second kappa shape index (κ2) is 4.42. The molecule has 0 saturated heterocycles. The molecule has 0 radical (unpaired) electrons. The summed E-state index contributed by atoms with van der Waals surface area (Å²) in [6, 6.07) is 13.9. The van der Waals surface area contributed by atoms with Gasteiger partial charge in [0.1, 0.15) is 12.4 Å². The molecule has 2 nitrogen and oxygen atoms in total. The molecule has 0 saturated carbocycles. The van der Waals surface area contributed by atoms with Crippen molar-refractivity contribution in [2.45, 2.75) is 6.61 Å². The van der Waals surface area contributed by atoms with Gasteiger partial charge in [-0.3, -0.25) is 0 Å². The van der Waals surface area contributed by atoms with E-state index in [9.17, 15) is 0 Å². The Morgan fingerprint density at radius 1 is 0.929 bits per heavy atom. The monoisotopic (exact) mass is 186 g/mol.